The third-order valence-electron chi connectivity index (χ3n) is 5.14. The summed E-state index contributed by atoms with van der Waals surface area (Å²) < 4.78 is 11.3. The number of amides is 1. The Bertz CT molecular complexity index is 1160. The first-order chi connectivity index (χ1) is 14.8. The van der Waals surface area contributed by atoms with Crippen LogP contribution in [0, 0.1) is 13.8 Å². The Labute approximate surface area is 181 Å². The van der Waals surface area contributed by atoms with Crippen molar-refractivity contribution < 1.29 is 19.1 Å². The number of carbonyl (C=O) groups excluding carboxylic acids is 1. The summed E-state index contributed by atoms with van der Waals surface area (Å²) in [5.41, 5.74) is 3.21. The van der Waals surface area contributed by atoms with Crippen LogP contribution in [0.3, 0.4) is 0 Å². The van der Waals surface area contributed by atoms with Gasteiger partial charge in [0.25, 0.3) is 0 Å². The maximum absolute atomic E-state index is 12.6. The third-order valence-corrected chi connectivity index (χ3v) is 5.14. The van der Waals surface area contributed by atoms with Crippen molar-refractivity contribution in [3.05, 3.63) is 87.3 Å². The Balaban J connectivity index is 1.77. The van der Waals surface area contributed by atoms with Crippen LogP contribution < -0.4 is 15.7 Å². The molecule has 1 amide bonds. The van der Waals surface area contributed by atoms with Crippen LogP contribution in [-0.2, 0) is 11.2 Å². The number of aliphatic hydroxyl groups is 1. The highest BCUT2D eigenvalue weighted by atomic mass is 16.5. The van der Waals surface area contributed by atoms with Crippen molar-refractivity contribution in [2.24, 2.45) is 0 Å². The van der Waals surface area contributed by atoms with Gasteiger partial charge in [-0.05, 0) is 49.6 Å². The van der Waals surface area contributed by atoms with Crippen LogP contribution in [0.5, 0.6) is 5.75 Å². The Morgan fingerprint density at radius 1 is 1.16 bits per heavy atom. The fourth-order valence-electron chi connectivity index (χ4n) is 3.36. The molecule has 2 aromatic carbocycles. The maximum atomic E-state index is 12.6. The fourth-order valence-corrected chi connectivity index (χ4v) is 3.36. The van der Waals surface area contributed by atoms with Gasteiger partial charge in [-0.1, -0.05) is 36.9 Å². The van der Waals surface area contributed by atoms with Gasteiger partial charge in [-0.3, -0.25) is 4.79 Å². The molecule has 0 radical (unpaired) electrons. The maximum Gasteiger partial charge on any atom is 0.340 e. The van der Waals surface area contributed by atoms with E-state index in [0.717, 1.165) is 16.5 Å². The number of aryl methyl sites for hydroxylation is 2. The Kier molecular flexibility index (Phi) is 6.92. The van der Waals surface area contributed by atoms with Crippen molar-refractivity contribution in [1.82, 2.24) is 5.32 Å². The molecule has 6 heteroatoms. The lowest BCUT2D eigenvalue weighted by atomic mass is 10.0. The minimum atomic E-state index is -0.820. The standard InChI is InChI=1S/C25H27NO5/c1-15(2)14-30-22-11-10-19-16(3)20(25(29)31-24(19)17(22)4)12-23(28)26-13-21(27)18-8-6-5-7-9-18/h5-11,21,27H,1,12-14H2,2-4H3,(H,26,28)/t21-/m0/s1. The Morgan fingerprint density at radius 3 is 2.55 bits per heavy atom. The summed E-state index contributed by atoms with van der Waals surface area (Å²) in [6.07, 6.45) is -0.946. The van der Waals surface area contributed by atoms with E-state index in [4.69, 9.17) is 9.15 Å². The third kappa shape index (κ3) is 5.22. The minimum absolute atomic E-state index is 0.0589. The molecule has 31 heavy (non-hydrogen) atoms. The van der Waals surface area contributed by atoms with Gasteiger partial charge in [0.15, 0.2) is 0 Å². The summed E-state index contributed by atoms with van der Waals surface area (Å²) in [7, 11) is 0. The van der Waals surface area contributed by atoms with Gasteiger partial charge in [-0.15, -0.1) is 0 Å². The van der Waals surface area contributed by atoms with E-state index in [1.807, 2.05) is 44.2 Å². The second kappa shape index (κ2) is 9.62. The molecule has 3 rings (SSSR count). The molecule has 0 bridgehead atoms. The molecule has 3 aromatic rings. The van der Waals surface area contributed by atoms with Crippen LogP contribution in [0.1, 0.15) is 35.3 Å². The monoisotopic (exact) mass is 421 g/mol. The number of hydrogen-bond donors (Lipinski definition) is 2. The molecule has 0 saturated heterocycles. The largest absolute Gasteiger partial charge is 0.489 e. The molecule has 0 saturated carbocycles. The molecule has 0 unspecified atom stereocenters. The lowest BCUT2D eigenvalue weighted by Gasteiger charge is -2.14. The summed E-state index contributed by atoms with van der Waals surface area (Å²) >= 11 is 0. The van der Waals surface area contributed by atoms with Gasteiger partial charge in [-0.2, -0.15) is 0 Å². The van der Waals surface area contributed by atoms with Crippen LogP contribution in [0.4, 0.5) is 0 Å². The lowest BCUT2D eigenvalue weighted by molar-refractivity contribution is -0.120. The van der Waals surface area contributed by atoms with Gasteiger partial charge in [0.05, 0.1) is 18.1 Å². The van der Waals surface area contributed by atoms with Gasteiger partial charge in [0.2, 0.25) is 5.91 Å². The molecule has 6 nitrogen and oxygen atoms in total. The zero-order valence-corrected chi connectivity index (χ0v) is 18.0. The average molecular weight is 421 g/mol. The first kappa shape index (κ1) is 22.3. The number of fused-ring (bicyclic) bond motifs is 1. The van der Waals surface area contributed by atoms with Crippen LogP contribution in [0.25, 0.3) is 11.0 Å². The van der Waals surface area contributed by atoms with E-state index in [1.165, 1.54) is 0 Å². The van der Waals surface area contributed by atoms with E-state index in [9.17, 15) is 14.7 Å². The molecule has 1 atom stereocenters. The normalized spacial score (nSPS) is 11.9. The van der Waals surface area contributed by atoms with Crippen molar-refractivity contribution in [1.29, 1.82) is 0 Å². The smallest absolute Gasteiger partial charge is 0.340 e. The first-order valence-electron chi connectivity index (χ1n) is 10.1. The number of carbonyl (C=O) groups is 1. The fraction of sp³-hybridized carbons (Fsp3) is 0.280. The van der Waals surface area contributed by atoms with E-state index in [2.05, 4.69) is 11.9 Å². The summed E-state index contributed by atoms with van der Waals surface area (Å²) in [6, 6.07) is 12.7. The molecule has 0 spiro atoms. The molecule has 0 aliphatic heterocycles. The SMILES string of the molecule is C=C(C)COc1ccc2c(C)c(CC(=O)NC[C@H](O)c3ccccc3)c(=O)oc2c1C. The Hall–Kier alpha value is -3.38. The number of nitrogens with one attached hydrogen (secondary N) is 1. The molecular weight excluding hydrogens is 394 g/mol. The van der Waals surface area contributed by atoms with Crippen LogP contribution >= 0.6 is 0 Å². The van der Waals surface area contributed by atoms with Crippen molar-refractivity contribution in [3.63, 3.8) is 0 Å². The summed E-state index contributed by atoms with van der Waals surface area (Å²) in [5.74, 6) is 0.265. The summed E-state index contributed by atoms with van der Waals surface area (Å²) in [4.78, 5) is 25.1. The van der Waals surface area contributed by atoms with E-state index in [1.54, 1.807) is 19.1 Å². The highest BCUT2D eigenvalue weighted by Crippen LogP contribution is 2.29. The van der Waals surface area contributed by atoms with Crippen LogP contribution in [-0.4, -0.2) is 24.2 Å². The van der Waals surface area contributed by atoms with Crippen LogP contribution in [0.15, 0.2) is 63.8 Å². The molecule has 0 aliphatic carbocycles. The van der Waals surface area contributed by atoms with Gasteiger partial charge in [-0.25, -0.2) is 4.79 Å². The highest BCUT2D eigenvalue weighted by molar-refractivity contribution is 5.87. The van der Waals surface area contributed by atoms with Gasteiger partial charge < -0.3 is 19.6 Å². The van der Waals surface area contributed by atoms with Gasteiger partial charge >= 0.3 is 5.63 Å². The topological polar surface area (TPSA) is 88.8 Å². The van der Waals surface area contributed by atoms with E-state index >= 15 is 0 Å². The molecule has 0 fully saturated rings. The van der Waals surface area contributed by atoms with Crippen LogP contribution in [0.2, 0.25) is 0 Å². The molecular formula is C25H27NO5. The van der Waals surface area contributed by atoms with Gasteiger partial charge in [0, 0.05) is 17.5 Å². The molecule has 1 heterocycles. The lowest BCUT2D eigenvalue weighted by Crippen LogP contribution is -2.31. The predicted molar refractivity (Wildman–Crippen MR) is 120 cm³/mol. The number of benzene rings is 2. The Morgan fingerprint density at radius 2 is 1.87 bits per heavy atom. The molecule has 162 valence electrons. The second-order valence-electron chi connectivity index (χ2n) is 7.71. The van der Waals surface area contributed by atoms with E-state index in [-0.39, 0.29) is 18.9 Å². The van der Waals surface area contributed by atoms with E-state index in [0.29, 0.717) is 34.6 Å². The number of hydrogen-bond acceptors (Lipinski definition) is 5. The molecule has 1 aromatic heterocycles. The summed E-state index contributed by atoms with van der Waals surface area (Å²) in [5, 5.41) is 13.6. The molecule has 0 aliphatic rings. The van der Waals surface area contributed by atoms with Gasteiger partial charge in [0.1, 0.15) is 17.9 Å². The highest BCUT2D eigenvalue weighted by Gasteiger charge is 2.18. The van der Waals surface area contributed by atoms with Crippen molar-refractivity contribution in [3.8, 4) is 5.75 Å². The zero-order valence-electron chi connectivity index (χ0n) is 18.0. The average Bonchev–Trinajstić information content (AvgIpc) is 2.75. The first-order valence-corrected chi connectivity index (χ1v) is 10.1. The zero-order chi connectivity index (χ0) is 22.5. The van der Waals surface area contributed by atoms with E-state index < -0.39 is 11.7 Å². The predicted octanol–water partition coefficient (Wildman–Crippen LogP) is 3.76. The number of ether oxygens (including phenoxy) is 1. The number of rotatable bonds is 8. The van der Waals surface area contributed by atoms with Crippen molar-refractivity contribution in [2.75, 3.05) is 13.2 Å². The van der Waals surface area contributed by atoms with Crippen molar-refractivity contribution >= 4 is 16.9 Å². The second-order valence-corrected chi connectivity index (χ2v) is 7.71. The quantitative estimate of drug-likeness (QED) is 0.427. The van der Waals surface area contributed by atoms with Crippen molar-refractivity contribution in [2.45, 2.75) is 33.3 Å². The summed E-state index contributed by atoms with van der Waals surface area (Å²) in [6.45, 7) is 9.76. The minimum Gasteiger partial charge on any atom is -0.489 e. The number of aliphatic hydroxyl groups excluding tert-OH is 1. The molecule has 2 N–H and O–H groups in total.